The van der Waals surface area contributed by atoms with E-state index in [1.807, 2.05) is 0 Å². The van der Waals surface area contributed by atoms with Crippen molar-refractivity contribution in [3.05, 3.63) is 35.9 Å². The van der Waals surface area contributed by atoms with Crippen molar-refractivity contribution in [2.24, 2.45) is 5.41 Å². The van der Waals surface area contributed by atoms with E-state index >= 15 is 0 Å². The molecular weight excluding hydrogens is 284 g/mol. The number of likely N-dealkylation sites (tertiary alicyclic amines) is 1. The molecule has 3 fully saturated rings. The van der Waals surface area contributed by atoms with E-state index in [0.717, 1.165) is 45.4 Å². The molecule has 1 atom stereocenters. The molecule has 1 N–H and O–H groups in total. The molecule has 3 nitrogen and oxygen atoms in total. The van der Waals surface area contributed by atoms with Gasteiger partial charge in [0.05, 0.1) is 5.41 Å². The van der Waals surface area contributed by atoms with Crippen molar-refractivity contribution in [2.45, 2.75) is 50.4 Å². The van der Waals surface area contributed by atoms with Gasteiger partial charge < -0.3 is 10.2 Å². The maximum absolute atomic E-state index is 13.6. The zero-order chi connectivity index (χ0) is 15.8. The Hall–Kier alpha value is -1.35. The second-order valence-electron chi connectivity index (χ2n) is 7.91. The van der Waals surface area contributed by atoms with Crippen LogP contribution in [-0.4, -0.2) is 37.0 Å². The molecule has 1 spiro atoms. The number of hydrogen-bond acceptors (Lipinski definition) is 2. The highest BCUT2D eigenvalue weighted by Crippen LogP contribution is 2.44. The molecular formula is C20H28N2O. The molecule has 3 aliphatic rings. The first-order valence-corrected chi connectivity index (χ1v) is 9.30. The molecule has 3 heteroatoms. The van der Waals surface area contributed by atoms with E-state index in [1.165, 1.54) is 31.2 Å². The van der Waals surface area contributed by atoms with Gasteiger partial charge in [-0.25, -0.2) is 0 Å². The van der Waals surface area contributed by atoms with Crippen molar-refractivity contribution < 1.29 is 4.79 Å². The lowest BCUT2D eigenvalue weighted by atomic mass is 9.74. The Labute approximate surface area is 139 Å². The van der Waals surface area contributed by atoms with Gasteiger partial charge in [0.1, 0.15) is 0 Å². The molecule has 0 unspecified atom stereocenters. The number of amides is 1. The summed E-state index contributed by atoms with van der Waals surface area (Å²) in [7, 11) is 0. The second kappa shape index (κ2) is 5.94. The van der Waals surface area contributed by atoms with Crippen molar-refractivity contribution in [1.82, 2.24) is 10.2 Å². The predicted molar refractivity (Wildman–Crippen MR) is 92.3 cm³/mol. The highest BCUT2D eigenvalue weighted by Gasteiger charge is 2.48. The lowest BCUT2D eigenvalue weighted by Gasteiger charge is -2.43. The molecule has 1 saturated carbocycles. The van der Waals surface area contributed by atoms with Crippen LogP contribution in [0.25, 0.3) is 0 Å². The van der Waals surface area contributed by atoms with Gasteiger partial charge in [-0.15, -0.1) is 0 Å². The SMILES string of the molecule is O=C(N1CCC[C@@]2(CCNC2)C1)C1(c2ccccc2)CCCC1. The van der Waals surface area contributed by atoms with Crippen molar-refractivity contribution >= 4 is 5.91 Å². The van der Waals surface area contributed by atoms with Crippen LogP contribution >= 0.6 is 0 Å². The van der Waals surface area contributed by atoms with E-state index in [1.54, 1.807) is 0 Å². The Kier molecular flexibility index (Phi) is 3.92. The van der Waals surface area contributed by atoms with Gasteiger partial charge in [-0.05, 0) is 44.2 Å². The number of nitrogens with one attached hydrogen (secondary N) is 1. The van der Waals surface area contributed by atoms with Crippen molar-refractivity contribution in [3.8, 4) is 0 Å². The summed E-state index contributed by atoms with van der Waals surface area (Å²) in [6.07, 6.45) is 8.09. The van der Waals surface area contributed by atoms with Gasteiger partial charge >= 0.3 is 0 Å². The summed E-state index contributed by atoms with van der Waals surface area (Å²) in [4.78, 5) is 15.8. The Morgan fingerprint density at radius 1 is 1.00 bits per heavy atom. The quantitative estimate of drug-likeness (QED) is 0.910. The predicted octanol–water partition coefficient (Wildman–Crippen LogP) is 3.10. The van der Waals surface area contributed by atoms with Crippen LogP contribution in [0.4, 0.5) is 0 Å². The van der Waals surface area contributed by atoms with E-state index in [4.69, 9.17) is 0 Å². The number of carbonyl (C=O) groups excluding carboxylic acids is 1. The molecule has 2 heterocycles. The van der Waals surface area contributed by atoms with E-state index in [2.05, 4.69) is 40.5 Å². The van der Waals surface area contributed by atoms with Crippen LogP contribution in [0.1, 0.15) is 50.5 Å². The minimum Gasteiger partial charge on any atom is -0.341 e. The molecule has 0 aromatic heterocycles. The minimum absolute atomic E-state index is 0.244. The van der Waals surface area contributed by atoms with Gasteiger partial charge in [-0.1, -0.05) is 43.2 Å². The normalized spacial score (nSPS) is 30.0. The molecule has 4 rings (SSSR count). The molecule has 0 radical (unpaired) electrons. The molecule has 23 heavy (non-hydrogen) atoms. The minimum atomic E-state index is -0.244. The second-order valence-corrected chi connectivity index (χ2v) is 7.91. The smallest absolute Gasteiger partial charge is 0.233 e. The Morgan fingerprint density at radius 3 is 2.48 bits per heavy atom. The van der Waals surface area contributed by atoms with Gasteiger partial charge in [0.2, 0.25) is 5.91 Å². The molecule has 1 aromatic carbocycles. The summed E-state index contributed by atoms with van der Waals surface area (Å²) in [5.74, 6) is 0.409. The van der Waals surface area contributed by atoms with Crippen LogP contribution < -0.4 is 5.32 Å². The fraction of sp³-hybridized carbons (Fsp3) is 0.650. The summed E-state index contributed by atoms with van der Waals surface area (Å²) in [6, 6.07) is 10.6. The molecule has 2 aliphatic heterocycles. The first kappa shape index (κ1) is 15.2. The fourth-order valence-electron chi connectivity index (χ4n) is 5.19. The zero-order valence-corrected chi connectivity index (χ0v) is 14.0. The van der Waals surface area contributed by atoms with Gasteiger partial charge in [-0.3, -0.25) is 4.79 Å². The number of nitrogens with zero attached hydrogens (tertiary/aromatic N) is 1. The van der Waals surface area contributed by atoms with Gasteiger partial charge in [-0.2, -0.15) is 0 Å². The highest BCUT2D eigenvalue weighted by molar-refractivity contribution is 5.88. The van der Waals surface area contributed by atoms with Crippen LogP contribution in [0.5, 0.6) is 0 Å². The molecule has 1 aromatic rings. The first-order chi connectivity index (χ1) is 11.2. The van der Waals surface area contributed by atoms with E-state index in [0.29, 0.717) is 11.3 Å². The van der Waals surface area contributed by atoms with Crippen molar-refractivity contribution in [2.75, 3.05) is 26.2 Å². The summed E-state index contributed by atoms with van der Waals surface area (Å²) >= 11 is 0. The third-order valence-corrected chi connectivity index (χ3v) is 6.47. The largest absolute Gasteiger partial charge is 0.341 e. The number of rotatable bonds is 2. The number of piperidine rings is 1. The fourth-order valence-corrected chi connectivity index (χ4v) is 5.19. The standard InChI is InChI=1S/C20H28N2O/c23-18(22-14-6-9-19(16-22)12-13-21-15-19)20(10-4-5-11-20)17-7-2-1-3-8-17/h1-3,7-8,21H,4-6,9-16H2/t19-/m0/s1. The molecule has 1 amide bonds. The van der Waals surface area contributed by atoms with Crippen LogP contribution in [-0.2, 0) is 10.2 Å². The van der Waals surface area contributed by atoms with Crippen LogP contribution in [0, 0.1) is 5.41 Å². The molecule has 1 aliphatic carbocycles. The van der Waals surface area contributed by atoms with Gasteiger partial charge in [0.25, 0.3) is 0 Å². The summed E-state index contributed by atoms with van der Waals surface area (Å²) in [6.45, 7) is 4.13. The third-order valence-electron chi connectivity index (χ3n) is 6.47. The van der Waals surface area contributed by atoms with Gasteiger partial charge in [0, 0.05) is 25.0 Å². The maximum Gasteiger partial charge on any atom is 0.233 e. The van der Waals surface area contributed by atoms with Crippen LogP contribution in [0.15, 0.2) is 30.3 Å². The van der Waals surface area contributed by atoms with Crippen molar-refractivity contribution in [3.63, 3.8) is 0 Å². The lowest BCUT2D eigenvalue weighted by molar-refractivity contribution is -0.140. The first-order valence-electron chi connectivity index (χ1n) is 9.30. The Balaban J connectivity index is 1.61. The van der Waals surface area contributed by atoms with Gasteiger partial charge in [0.15, 0.2) is 0 Å². The van der Waals surface area contributed by atoms with E-state index < -0.39 is 0 Å². The Bertz CT molecular complexity index is 556. The number of carbonyl (C=O) groups is 1. The Morgan fingerprint density at radius 2 is 1.78 bits per heavy atom. The molecule has 2 saturated heterocycles. The van der Waals surface area contributed by atoms with E-state index in [9.17, 15) is 4.79 Å². The van der Waals surface area contributed by atoms with E-state index in [-0.39, 0.29) is 5.41 Å². The average molecular weight is 312 g/mol. The maximum atomic E-state index is 13.6. The summed E-state index contributed by atoms with van der Waals surface area (Å²) in [5.41, 5.74) is 1.35. The molecule has 124 valence electrons. The number of hydrogen-bond donors (Lipinski definition) is 1. The average Bonchev–Trinajstić information content (AvgIpc) is 3.26. The third kappa shape index (κ3) is 2.59. The van der Waals surface area contributed by atoms with Crippen molar-refractivity contribution in [1.29, 1.82) is 0 Å². The summed E-state index contributed by atoms with van der Waals surface area (Å²) < 4.78 is 0. The lowest BCUT2D eigenvalue weighted by Crippen LogP contribution is -2.53. The van der Waals surface area contributed by atoms with Crippen LogP contribution in [0.3, 0.4) is 0 Å². The highest BCUT2D eigenvalue weighted by atomic mass is 16.2. The van der Waals surface area contributed by atoms with Crippen LogP contribution in [0.2, 0.25) is 0 Å². The zero-order valence-electron chi connectivity index (χ0n) is 14.0. The molecule has 0 bridgehead atoms. The monoisotopic (exact) mass is 312 g/mol. The number of benzene rings is 1. The topological polar surface area (TPSA) is 32.3 Å². The summed E-state index contributed by atoms with van der Waals surface area (Å²) in [5, 5.41) is 3.52.